The van der Waals surface area contributed by atoms with Crippen molar-refractivity contribution in [1.29, 1.82) is 0 Å². The van der Waals surface area contributed by atoms with Crippen LogP contribution in [-0.2, 0) is 11.2 Å². The molecule has 0 bridgehead atoms. The Kier molecular flexibility index (Phi) is 5.80. The number of benzene rings is 1. The first kappa shape index (κ1) is 18.6. The number of hydrogen-bond donors (Lipinski definition) is 2. The summed E-state index contributed by atoms with van der Waals surface area (Å²) in [6, 6.07) is 13.6. The van der Waals surface area contributed by atoms with E-state index in [9.17, 15) is 4.79 Å². The fraction of sp³-hybridized carbons (Fsp3) is 0.300. The molecule has 0 aliphatic carbocycles. The molecule has 0 aliphatic heterocycles. The van der Waals surface area contributed by atoms with E-state index in [1.807, 2.05) is 63.2 Å². The maximum atomic E-state index is 12.0. The largest absolute Gasteiger partial charge is 0.368 e. The van der Waals surface area contributed by atoms with Crippen molar-refractivity contribution in [2.75, 3.05) is 18.4 Å². The van der Waals surface area contributed by atoms with Crippen LogP contribution in [0.3, 0.4) is 0 Å². The molecule has 0 unspecified atom stereocenters. The van der Waals surface area contributed by atoms with E-state index in [1.54, 1.807) is 4.68 Å². The zero-order chi connectivity index (χ0) is 19.2. The van der Waals surface area contributed by atoms with E-state index in [0.717, 1.165) is 22.8 Å². The van der Waals surface area contributed by atoms with Crippen molar-refractivity contribution < 1.29 is 4.79 Å². The van der Waals surface area contributed by atoms with Crippen molar-refractivity contribution >= 4 is 11.7 Å². The number of aryl methyl sites for hydroxylation is 3. The van der Waals surface area contributed by atoms with Crippen LogP contribution in [0.2, 0.25) is 0 Å². The Hall–Kier alpha value is -3.22. The van der Waals surface area contributed by atoms with Crippen LogP contribution in [0, 0.1) is 20.8 Å². The zero-order valence-electron chi connectivity index (χ0n) is 15.9. The minimum absolute atomic E-state index is 0.00481. The van der Waals surface area contributed by atoms with E-state index in [0.29, 0.717) is 31.2 Å². The lowest BCUT2D eigenvalue weighted by atomic mass is 10.1. The van der Waals surface area contributed by atoms with Crippen molar-refractivity contribution in [1.82, 2.24) is 25.1 Å². The minimum Gasteiger partial charge on any atom is -0.368 e. The van der Waals surface area contributed by atoms with Gasteiger partial charge in [0.05, 0.1) is 12.1 Å². The number of rotatable bonds is 7. The zero-order valence-corrected chi connectivity index (χ0v) is 15.9. The highest BCUT2D eigenvalue weighted by Gasteiger charge is 2.08. The molecule has 1 aromatic carbocycles. The van der Waals surface area contributed by atoms with E-state index in [2.05, 4.69) is 25.7 Å². The van der Waals surface area contributed by atoms with Crippen LogP contribution >= 0.6 is 0 Å². The number of carbonyl (C=O) groups excluding carboxylic acids is 1. The minimum atomic E-state index is 0.00481. The molecule has 2 N–H and O–H groups in total. The average Bonchev–Trinajstić information content (AvgIpc) is 2.97. The number of nitrogens with zero attached hydrogens (tertiary/aromatic N) is 4. The highest BCUT2D eigenvalue weighted by atomic mass is 16.1. The molecule has 0 saturated heterocycles. The molecule has 2 aromatic heterocycles. The molecule has 3 aromatic rings. The molecule has 0 radical (unpaired) electrons. The SMILES string of the molecule is Cc1cc(C)n(-c2cc(NCCNC(=O)Cc3ccccc3)nc(C)n2)n1. The third-order valence-electron chi connectivity index (χ3n) is 4.01. The second-order valence-electron chi connectivity index (χ2n) is 6.44. The van der Waals surface area contributed by atoms with E-state index < -0.39 is 0 Å². The molecule has 140 valence electrons. The smallest absolute Gasteiger partial charge is 0.224 e. The highest BCUT2D eigenvalue weighted by Crippen LogP contribution is 2.13. The first-order valence-electron chi connectivity index (χ1n) is 8.95. The fourth-order valence-corrected chi connectivity index (χ4v) is 2.85. The summed E-state index contributed by atoms with van der Waals surface area (Å²) in [6.07, 6.45) is 0.384. The Labute approximate surface area is 158 Å². The van der Waals surface area contributed by atoms with Gasteiger partial charge in [-0.05, 0) is 32.4 Å². The van der Waals surface area contributed by atoms with E-state index in [4.69, 9.17) is 0 Å². The molecule has 1 amide bonds. The van der Waals surface area contributed by atoms with Gasteiger partial charge in [-0.15, -0.1) is 0 Å². The van der Waals surface area contributed by atoms with Crippen LogP contribution in [0.4, 0.5) is 5.82 Å². The Bertz CT molecular complexity index is 919. The third-order valence-corrected chi connectivity index (χ3v) is 4.01. The molecule has 7 nitrogen and oxygen atoms in total. The molecule has 3 rings (SSSR count). The summed E-state index contributed by atoms with van der Waals surface area (Å²) in [5, 5.41) is 10.6. The molecular weight excluding hydrogens is 340 g/mol. The number of anilines is 1. The summed E-state index contributed by atoms with van der Waals surface area (Å²) in [5.74, 6) is 2.10. The van der Waals surface area contributed by atoms with E-state index >= 15 is 0 Å². The van der Waals surface area contributed by atoms with Gasteiger partial charge in [-0.25, -0.2) is 14.6 Å². The molecule has 0 fully saturated rings. The van der Waals surface area contributed by atoms with Crippen LogP contribution in [0.5, 0.6) is 0 Å². The monoisotopic (exact) mass is 364 g/mol. The van der Waals surface area contributed by atoms with Gasteiger partial charge >= 0.3 is 0 Å². The van der Waals surface area contributed by atoms with Crippen LogP contribution in [-0.4, -0.2) is 38.7 Å². The Morgan fingerprint density at radius 3 is 2.52 bits per heavy atom. The van der Waals surface area contributed by atoms with Gasteiger partial charge in [0.2, 0.25) is 5.91 Å². The normalized spacial score (nSPS) is 10.6. The van der Waals surface area contributed by atoms with E-state index in [1.165, 1.54) is 0 Å². The van der Waals surface area contributed by atoms with Gasteiger partial charge in [0.1, 0.15) is 11.6 Å². The van der Waals surface area contributed by atoms with Gasteiger partial charge in [-0.2, -0.15) is 5.10 Å². The van der Waals surface area contributed by atoms with Gasteiger partial charge in [0.25, 0.3) is 0 Å². The molecule has 0 saturated carbocycles. The highest BCUT2D eigenvalue weighted by molar-refractivity contribution is 5.78. The van der Waals surface area contributed by atoms with Gasteiger partial charge in [-0.3, -0.25) is 4.79 Å². The van der Waals surface area contributed by atoms with Crippen LogP contribution in [0.25, 0.3) is 5.82 Å². The number of carbonyl (C=O) groups is 1. The first-order chi connectivity index (χ1) is 13.0. The summed E-state index contributed by atoms with van der Waals surface area (Å²) in [6.45, 7) is 6.89. The second kappa shape index (κ2) is 8.44. The Balaban J connectivity index is 1.54. The van der Waals surface area contributed by atoms with Gasteiger partial charge in [0.15, 0.2) is 5.82 Å². The summed E-state index contributed by atoms with van der Waals surface area (Å²) in [5.41, 5.74) is 2.97. The van der Waals surface area contributed by atoms with Crippen LogP contribution in [0.15, 0.2) is 42.5 Å². The quantitative estimate of drug-likeness (QED) is 0.629. The lowest BCUT2D eigenvalue weighted by molar-refractivity contribution is -0.120. The third kappa shape index (κ3) is 5.13. The lowest BCUT2D eigenvalue weighted by Crippen LogP contribution is -2.30. The Morgan fingerprint density at radius 2 is 1.81 bits per heavy atom. The topological polar surface area (TPSA) is 84.7 Å². The molecule has 0 aliphatic rings. The second-order valence-corrected chi connectivity index (χ2v) is 6.44. The molecular formula is C20H24N6O. The number of amides is 1. The van der Waals surface area contributed by atoms with Crippen molar-refractivity contribution in [3.8, 4) is 5.82 Å². The van der Waals surface area contributed by atoms with Crippen molar-refractivity contribution in [3.63, 3.8) is 0 Å². The maximum Gasteiger partial charge on any atom is 0.224 e. The van der Waals surface area contributed by atoms with Gasteiger partial charge in [0, 0.05) is 24.8 Å². The molecule has 2 heterocycles. The van der Waals surface area contributed by atoms with Crippen LogP contribution < -0.4 is 10.6 Å². The molecule has 7 heteroatoms. The predicted octanol–water partition coefficient (Wildman–Crippen LogP) is 2.36. The fourth-order valence-electron chi connectivity index (χ4n) is 2.85. The molecule has 27 heavy (non-hydrogen) atoms. The molecule has 0 atom stereocenters. The van der Waals surface area contributed by atoms with E-state index in [-0.39, 0.29) is 5.91 Å². The summed E-state index contributed by atoms with van der Waals surface area (Å²) in [7, 11) is 0. The standard InChI is InChI=1S/C20H24N6O/c1-14-11-15(2)26(25-14)19-13-18(23-16(3)24-19)21-9-10-22-20(27)12-17-7-5-4-6-8-17/h4-8,11,13H,9-10,12H2,1-3H3,(H,22,27)(H,21,23,24). The van der Waals surface area contributed by atoms with Crippen molar-refractivity contribution in [3.05, 3.63) is 65.2 Å². The van der Waals surface area contributed by atoms with Crippen molar-refractivity contribution in [2.24, 2.45) is 0 Å². The number of aromatic nitrogens is 4. The summed E-state index contributed by atoms with van der Waals surface area (Å²) >= 11 is 0. The first-order valence-corrected chi connectivity index (χ1v) is 8.95. The summed E-state index contributed by atoms with van der Waals surface area (Å²) in [4.78, 5) is 20.8. The predicted molar refractivity (Wildman–Crippen MR) is 105 cm³/mol. The Morgan fingerprint density at radius 1 is 1.04 bits per heavy atom. The maximum absolute atomic E-state index is 12.0. The summed E-state index contributed by atoms with van der Waals surface area (Å²) < 4.78 is 1.80. The number of nitrogens with one attached hydrogen (secondary N) is 2. The number of hydrogen-bond acceptors (Lipinski definition) is 5. The average molecular weight is 364 g/mol. The molecule has 0 spiro atoms. The van der Waals surface area contributed by atoms with Crippen LogP contribution in [0.1, 0.15) is 22.8 Å². The lowest BCUT2D eigenvalue weighted by Gasteiger charge is -2.10. The van der Waals surface area contributed by atoms with Gasteiger partial charge in [-0.1, -0.05) is 30.3 Å². The van der Waals surface area contributed by atoms with Crippen molar-refractivity contribution in [2.45, 2.75) is 27.2 Å². The van der Waals surface area contributed by atoms with Gasteiger partial charge < -0.3 is 10.6 Å².